The van der Waals surface area contributed by atoms with Crippen molar-refractivity contribution >= 4 is 131 Å². The van der Waals surface area contributed by atoms with E-state index in [1.165, 1.54) is 13.8 Å². The van der Waals surface area contributed by atoms with Crippen LogP contribution in [0, 0.1) is 13.8 Å². The Hall–Kier alpha value is -16.4. The van der Waals surface area contributed by atoms with Gasteiger partial charge in [0, 0.05) is 121 Å². The summed E-state index contributed by atoms with van der Waals surface area (Å²) in [5.74, 6) is -5.93. The van der Waals surface area contributed by atoms with Gasteiger partial charge in [0.15, 0.2) is 29.1 Å². The van der Waals surface area contributed by atoms with Crippen molar-refractivity contribution in [3.8, 4) is 91.3 Å². The minimum Gasteiger partial charge on any atom is -0.309 e. The Morgan fingerprint density at radius 1 is 0.164 bits per heavy atom. The molecule has 0 unspecified atom stereocenters. The lowest BCUT2D eigenvalue weighted by Gasteiger charge is -2.13. The van der Waals surface area contributed by atoms with E-state index < -0.39 is 605 Å². The average Bonchev–Trinajstić information content (AvgIpc) is 1.52. The van der Waals surface area contributed by atoms with E-state index in [9.17, 15) is 32.9 Å². The van der Waals surface area contributed by atoms with Crippen molar-refractivity contribution < 1.29 is 90.5 Å². The maximum Gasteiger partial charge on any atom is 0.238 e. The second-order valence-electron chi connectivity index (χ2n) is 26.4. The third kappa shape index (κ3) is 11.4. The molecule has 0 aliphatic rings. The predicted molar refractivity (Wildman–Crippen MR) is 502 cm³/mol. The van der Waals surface area contributed by atoms with Gasteiger partial charge in [-0.1, -0.05) is 265 Å². The molecule has 0 bridgehead atoms. The molecule has 0 atom stereocenters. The van der Waals surface area contributed by atoms with Gasteiger partial charge >= 0.3 is 0 Å². The van der Waals surface area contributed by atoms with Crippen LogP contribution in [0.25, 0.3) is 222 Å². The first-order chi connectivity index (χ1) is 87.8. The van der Waals surface area contributed by atoms with Crippen LogP contribution in [0.1, 0.15) is 102 Å². The summed E-state index contributed by atoms with van der Waals surface area (Å²) in [6.07, 6.45) is 0. The summed E-state index contributed by atoms with van der Waals surface area (Å²) in [7, 11) is 0. The Morgan fingerprint density at radius 2 is 0.377 bits per heavy atom. The standard InChI is InChI=1S/C58H38N6.C52H34N6/c1-37-29-31-54-48(33-37)46-23-7-11-27-52(46)62(54)41-19-13-17-39(34-41)57-59-56(38-15-3-2-4-16-38)60-58(61-57)40-18-14-20-42(35-40)63-53-28-12-8-24-47(53)49-36-43(30-32-55(49)63)64-50-25-9-5-21-44(50)45-22-6-10-26-51(45)64;1-33-26-28-48-42(30-33)40-20-7-9-22-44(40)57(48)37-27-29-49-43(32-37)41-21-8-10-23-45(41)56(49)36-17-13-16-35(31-36)51-53-50(34-14-3-2-4-15-34)54-52(55-51)58-46-24-11-5-18-38(46)39-19-6-12-25-47(39)58/h2-36H,1H3;2-32H,1H3/i2D,3D,4D,5D,6D,7D,8D,9D,10D,11D,12D,13D,14D,15D,16D,17D,18D,19D,20D,21D,22D,23D,24D,25D,26D,27D,28D,29D,30D,31D,32D,33D,34D,35D,36D;2D,3D,4D,5D,6D,7D,8D,9D,10D,11D,12D,13D,14D,15D,16D,17D,18D,19D,20D,21D,22D,23D,24D,25D,26D,27D,28D,29D,30D,31D,32D. The molecule has 0 spiro atoms. The van der Waals surface area contributed by atoms with E-state index in [2.05, 4.69) is 29.9 Å². The van der Waals surface area contributed by atoms with Gasteiger partial charge < -0.3 is 22.8 Å². The molecule has 25 aromatic rings. The van der Waals surface area contributed by atoms with Gasteiger partial charge in [-0.3, -0.25) is 4.57 Å². The number of aromatic nitrogens is 12. The van der Waals surface area contributed by atoms with Crippen LogP contribution >= 0.6 is 0 Å². The van der Waals surface area contributed by atoms with Crippen LogP contribution in [0.15, 0.2) is 399 Å². The van der Waals surface area contributed by atoms with Crippen LogP contribution < -0.4 is 0 Å². The molecular formula is C110H72N12. The Kier molecular flexibility index (Phi) is 7.04. The maximum atomic E-state index is 10.1. The lowest BCUT2D eigenvalue weighted by molar-refractivity contribution is 0.953. The predicted octanol–water partition coefficient (Wildman–Crippen LogP) is 27.3. The molecule has 0 aliphatic carbocycles. The number of benzene rings is 17. The number of para-hydroxylation sites is 8. The molecule has 0 fully saturated rings. The first-order valence-electron chi connectivity index (χ1n) is 69.0. The third-order valence-electron chi connectivity index (χ3n) is 19.4. The highest BCUT2D eigenvalue weighted by Gasteiger charge is 2.24. The summed E-state index contributed by atoms with van der Waals surface area (Å²) in [4.78, 5) is 26.5. The summed E-state index contributed by atoms with van der Waals surface area (Å²) in [6, 6.07) is -61.4. The highest BCUT2D eigenvalue weighted by molar-refractivity contribution is 6.16. The van der Waals surface area contributed by atoms with Crippen molar-refractivity contribution in [1.82, 2.24) is 57.3 Å². The zero-order chi connectivity index (χ0) is 138. The Labute approximate surface area is 793 Å². The summed E-state index contributed by atoms with van der Waals surface area (Å²) < 4.78 is 606. The van der Waals surface area contributed by atoms with E-state index in [1.54, 1.807) is 0 Å². The van der Waals surface area contributed by atoms with Gasteiger partial charge in [0.2, 0.25) is 5.95 Å². The summed E-state index contributed by atoms with van der Waals surface area (Å²) >= 11 is 0. The number of hydrogen-bond donors (Lipinski definition) is 0. The normalized spacial score (nSPS) is 19.4. The van der Waals surface area contributed by atoms with E-state index in [-0.39, 0.29) is 27.3 Å². The maximum absolute atomic E-state index is 10.1. The van der Waals surface area contributed by atoms with Crippen LogP contribution in [0.5, 0.6) is 0 Å². The average molecular weight is 1630 g/mol. The van der Waals surface area contributed by atoms with Gasteiger partial charge in [0.05, 0.1) is 157 Å². The van der Waals surface area contributed by atoms with Crippen LogP contribution in [-0.4, -0.2) is 57.3 Å². The molecule has 8 heterocycles. The van der Waals surface area contributed by atoms with Gasteiger partial charge in [-0.25, -0.2) is 19.9 Å². The smallest absolute Gasteiger partial charge is 0.238 e. The molecule has 12 nitrogen and oxygen atoms in total. The van der Waals surface area contributed by atoms with E-state index >= 15 is 0 Å². The molecule has 17 aromatic carbocycles. The van der Waals surface area contributed by atoms with Gasteiger partial charge in [0.1, 0.15) is 0 Å². The molecule has 122 heavy (non-hydrogen) atoms. The van der Waals surface area contributed by atoms with Crippen molar-refractivity contribution in [2.75, 3.05) is 0 Å². The lowest BCUT2D eigenvalue weighted by Crippen LogP contribution is -2.06. The summed E-state index contributed by atoms with van der Waals surface area (Å²) in [5.41, 5.74) is -17.0. The number of rotatable bonds is 11. The van der Waals surface area contributed by atoms with E-state index in [0.29, 0.717) is 9.13 Å². The molecule has 572 valence electrons. The molecule has 0 amide bonds. The van der Waals surface area contributed by atoms with E-state index in [4.69, 9.17) is 57.6 Å². The van der Waals surface area contributed by atoms with Crippen LogP contribution in [-0.2, 0) is 0 Å². The largest absolute Gasteiger partial charge is 0.309 e. The summed E-state index contributed by atoms with van der Waals surface area (Å²) in [6.45, 7) is 2.62. The molecule has 0 N–H and O–H groups in total. The van der Waals surface area contributed by atoms with E-state index in [0.717, 1.165) is 18.3 Å². The minimum atomic E-state index is -1.21. The molecular weight excluding hydrogens is 1490 g/mol. The Morgan fingerprint density at radius 3 is 0.689 bits per heavy atom. The molecule has 12 heteroatoms. The second kappa shape index (κ2) is 28.2. The van der Waals surface area contributed by atoms with Crippen molar-refractivity contribution in [3.63, 3.8) is 0 Å². The molecule has 0 saturated heterocycles. The second-order valence-corrected chi connectivity index (χ2v) is 26.4. The van der Waals surface area contributed by atoms with Gasteiger partial charge in [-0.2, -0.15) is 9.97 Å². The zero-order valence-corrected chi connectivity index (χ0v) is 61.4. The van der Waals surface area contributed by atoms with E-state index in [1.807, 2.05) is 0 Å². The number of nitrogens with zero attached hydrogens (tertiary/aromatic N) is 12. The number of fused-ring (bicyclic) bond motifs is 18. The Bertz CT molecular complexity index is 12500. The fraction of sp³-hybridized carbons (Fsp3) is 0.0182. The molecule has 0 saturated carbocycles. The van der Waals surface area contributed by atoms with Crippen molar-refractivity contribution in [2.45, 2.75) is 13.8 Å². The minimum absolute atomic E-state index is 0.0943. The first-order valence-corrected chi connectivity index (χ1v) is 36.0. The molecule has 0 radical (unpaired) electrons. The van der Waals surface area contributed by atoms with Crippen molar-refractivity contribution in [3.05, 3.63) is 410 Å². The fourth-order valence-corrected chi connectivity index (χ4v) is 14.4. The van der Waals surface area contributed by atoms with Gasteiger partial charge in [0.25, 0.3) is 0 Å². The van der Waals surface area contributed by atoms with Crippen molar-refractivity contribution in [1.29, 1.82) is 0 Å². The highest BCUT2D eigenvalue weighted by Crippen LogP contribution is 2.43. The van der Waals surface area contributed by atoms with Crippen LogP contribution in [0.2, 0.25) is 0 Å². The topological polar surface area (TPSA) is 107 Å². The third-order valence-corrected chi connectivity index (χ3v) is 19.4. The van der Waals surface area contributed by atoms with Crippen molar-refractivity contribution in [2.24, 2.45) is 0 Å². The summed E-state index contributed by atoms with van der Waals surface area (Å²) in [5, 5.41) is -6.27. The van der Waals surface area contributed by atoms with Crippen LogP contribution in [0.3, 0.4) is 0 Å². The first kappa shape index (κ1) is 30.5. The molecule has 25 rings (SSSR count). The quantitative estimate of drug-likeness (QED) is 0.128. The molecule has 8 aromatic heterocycles. The SMILES string of the molecule is [2H]c1c([2H])c([2H])c(-c2nc(-c3c([2H])c([2H])c([2H])c(-n4c5c([2H])c([2H])c([2H])c([2H])c5c5c([2H])c(-n6c7c([2H])c([2H])c([2H])c([2H])c7c7c([2H])c(C)c([2H])c([2H])c76)c([2H])c([2H])c54)c3[2H])nc(-n3c4c([2H])c([2H])c([2H])c([2H])c4c4c([2H])c([2H])c([2H])c([2H])c43)n2)c([2H])c1[2H].[2H]c1c([2H])c([2H])c(-c2nc(-c3c([2H])c([2H])c([2H])c(-n4c5c([2H])c([2H])c([2H])c([2H])c5c5c([2H])c(C)c([2H])c([2H])c54)c3[2H])nc(-c3c([2H])c([2H])c([2H])c(-n4c5c([2H])c([2H])c([2H])c([2H])c5c5c([2H])c(-n6c7c([2H])c([2H])c([2H])c([2H])c7c7c([2H])c([2H])c([2H])c([2H])c76)c([2H])c([2H])c54)c3[2H])n2)c([2H])c1[2H]. The van der Waals surface area contributed by atoms with Gasteiger partial charge in [-0.15, -0.1) is 0 Å². The Balaban J connectivity index is 0.000000191. The monoisotopic (exact) mass is 1630 g/mol. The number of hydrogen-bond acceptors (Lipinski definition) is 6. The fourth-order valence-electron chi connectivity index (χ4n) is 14.4. The lowest BCUT2D eigenvalue weighted by atomic mass is 10.1. The highest BCUT2D eigenvalue weighted by atomic mass is 15.2. The molecule has 0 aliphatic heterocycles. The van der Waals surface area contributed by atoms with Crippen LogP contribution in [0.4, 0.5) is 0 Å². The van der Waals surface area contributed by atoms with Gasteiger partial charge in [-0.05, 0) is 159 Å². The zero-order valence-electron chi connectivity index (χ0n) is 127.